The van der Waals surface area contributed by atoms with Crippen LogP contribution in [-0.2, 0) is 0 Å². The van der Waals surface area contributed by atoms with Gasteiger partial charge in [0.25, 0.3) is 0 Å². The highest BCUT2D eigenvalue weighted by Crippen LogP contribution is 2.13. The Morgan fingerprint density at radius 2 is 1.86 bits per heavy atom. The Labute approximate surface area is 136 Å². The molecule has 1 unspecified atom stereocenters. The molecule has 0 aliphatic rings. The Morgan fingerprint density at radius 3 is 2.55 bits per heavy atom. The molecule has 0 fully saturated rings. The lowest BCUT2D eigenvalue weighted by Crippen LogP contribution is -2.25. The minimum atomic E-state index is -0.0310. The van der Waals surface area contributed by atoms with Crippen molar-refractivity contribution in [2.24, 2.45) is 10.7 Å². The second kappa shape index (κ2) is 8.29. The SMILES string of the molecule is CC(CN=C(N)CNc1ccc(Cl)cc1)Oc1ccccc1. The molecule has 0 spiro atoms. The number of aliphatic imine (C=N–C) groups is 1. The standard InChI is InChI=1S/C17H20ClN3O/c1-13(22-16-5-3-2-4-6-16)11-21-17(19)12-20-15-9-7-14(18)8-10-15/h2-10,13,20H,11-12H2,1H3,(H2,19,21). The van der Waals surface area contributed by atoms with E-state index in [9.17, 15) is 0 Å². The van der Waals surface area contributed by atoms with Crippen LogP contribution in [0.15, 0.2) is 59.6 Å². The van der Waals surface area contributed by atoms with Crippen LogP contribution in [0.1, 0.15) is 6.92 Å². The molecule has 0 radical (unpaired) electrons. The molecule has 0 aliphatic carbocycles. The number of nitrogens with one attached hydrogen (secondary N) is 1. The molecule has 2 rings (SSSR count). The van der Waals surface area contributed by atoms with Gasteiger partial charge in [0.15, 0.2) is 0 Å². The van der Waals surface area contributed by atoms with Gasteiger partial charge in [0, 0.05) is 10.7 Å². The summed E-state index contributed by atoms with van der Waals surface area (Å²) in [4.78, 5) is 4.33. The van der Waals surface area contributed by atoms with E-state index in [0.29, 0.717) is 23.9 Å². The van der Waals surface area contributed by atoms with E-state index < -0.39 is 0 Å². The van der Waals surface area contributed by atoms with Gasteiger partial charge in [0.05, 0.1) is 13.1 Å². The highest BCUT2D eigenvalue weighted by molar-refractivity contribution is 6.30. The Hall–Kier alpha value is -2.20. The lowest BCUT2D eigenvalue weighted by molar-refractivity contribution is 0.230. The molecule has 0 amide bonds. The number of ether oxygens (including phenoxy) is 1. The summed E-state index contributed by atoms with van der Waals surface area (Å²) in [6.45, 7) is 2.97. The Kier molecular flexibility index (Phi) is 6.10. The fourth-order valence-electron chi connectivity index (χ4n) is 1.83. The first-order chi connectivity index (χ1) is 10.6. The van der Waals surface area contributed by atoms with Crippen LogP contribution in [0.25, 0.3) is 0 Å². The zero-order chi connectivity index (χ0) is 15.8. The normalized spacial score (nSPS) is 12.7. The van der Waals surface area contributed by atoms with Gasteiger partial charge in [0.1, 0.15) is 17.7 Å². The number of nitrogens with zero attached hydrogens (tertiary/aromatic N) is 1. The van der Waals surface area contributed by atoms with Crippen molar-refractivity contribution < 1.29 is 4.74 Å². The molecule has 0 saturated heterocycles. The fourth-order valence-corrected chi connectivity index (χ4v) is 1.96. The number of rotatable bonds is 7. The van der Waals surface area contributed by atoms with E-state index in [1.54, 1.807) is 0 Å². The van der Waals surface area contributed by atoms with Crippen LogP contribution >= 0.6 is 11.6 Å². The van der Waals surface area contributed by atoms with Crippen LogP contribution in [0.3, 0.4) is 0 Å². The van der Waals surface area contributed by atoms with Gasteiger partial charge >= 0.3 is 0 Å². The van der Waals surface area contributed by atoms with Crippen LogP contribution < -0.4 is 15.8 Å². The Morgan fingerprint density at radius 1 is 1.18 bits per heavy atom. The number of para-hydroxylation sites is 1. The molecule has 0 bridgehead atoms. The molecule has 5 heteroatoms. The number of amidine groups is 1. The molecule has 4 nitrogen and oxygen atoms in total. The van der Waals surface area contributed by atoms with Crippen LogP contribution in [0.2, 0.25) is 5.02 Å². The molecule has 116 valence electrons. The van der Waals surface area contributed by atoms with Crippen molar-refractivity contribution in [3.05, 3.63) is 59.6 Å². The number of hydrogen-bond acceptors (Lipinski definition) is 3. The summed E-state index contributed by atoms with van der Waals surface area (Å²) in [6, 6.07) is 17.1. The zero-order valence-corrected chi connectivity index (χ0v) is 13.3. The van der Waals surface area contributed by atoms with Gasteiger partial charge in [-0.15, -0.1) is 0 Å². The molecule has 0 aromatic heterocycles. The predicted molar refractivity (Wildman–Crippen MR) is 93.0 cm³/mol. The molecule has 2 aromatic rings. The predicted octanol–water partition coefficient (Wildman–Crippen LogP) is 3.58. The first kappa shape index (κ1) is 16.2. The van der Waals surface area contributed by atoms with Crippen LogP contribution in [0.5, 0.6) is 5.75 Å². The number of anilines is 1. The molecule has 3 N–H and O–H groups in total. The van der Waals surface area contributed by atoms with E-state index in [1.165, 1.54) is 0 Å². The van der Waals surface area contributed by atoms with E-state index in [1.807, 2.05) is 61.5 Å². The molecule has 2 aromatic carbocycles. The number of nitrogens with two attached hydrogens (primary N) is 1. The summed E-state index contributed by atoms with van der Waals surface area (Å²) in [5, 5.41) is 3.90. The first-order valence-electron chi connectivity index (χ1n) is 7.13. The topological polar surface area (TPSA) is 59.6 Å². The van der Waals surface area contributed by atoms with Crippen molar-refractivity contribution >= 4 is 23.1 Å². The maximum atomic E-state index is 5.90. The summed E-state index contributed by atoms with van der Waals surface area (Å²) in [5.41, 5.74) is 6.85. The van der Waals surface area contributed by atoms with Crippen molar-refractivity contribution in [1.29, 1.82) is 0 Å². The Balaban J connectivity index is 1.76. The van der Waals surface area contributed by atoms with Crippen molar-refractivity contribution in [3.63, 3.8) is 0 Å². The minimum absolute atomic E-state index is 0.0310. The van der Waals surface area contributed by atoms with E-state index in [-0.39, 0.29) is 6.10 Å². The number of benzene rings is 2. The van der Waals surface area contributed by atoms with E-state index in [0.717, 1.165) is 11.4 Å². The maximum Gasteiger partial charge on any atom is 0.119 e. The summed E-state index contributed by atoms with van der Waals surface area (Å²) in [5.74, 6) is 1.38. The van der Waals surface area contributed by atoms with Gasteiger partial charge in [0.2, 0.25) is 0 Å². The van der Waals surface area contributed by atoms with Crippen LogP contribution in [0.4, 0.5) is 5.69 Å². The fraction of sp³-hybridized carbons (Fsp3) is 0.235. The van der Waals surface area contributed by atoms with Gasteiger partial charge < -0.3 is 15.8 Å². The third-order valence-corrected chi connectivity index (χ3v) is 3.20. The van der Waals surface area contributed by atoms with Crippen molar-refractivity contribution in [3.8, 4) is 5.75 Å². The lowest BCUT2D eigenvalue weighted by Gasteiger charge is -2.13. The van der Waals surface area contributed by atoms with Crippen molar-refractivity contribution in [1.82, 2.24) is 0 Å². The molecule has 1 atom stereocenters. The van der Waals surface area contributed by atoms with Gasteiger partial charge in [-0.25, -0.2) is 0 Å². The second-order valence-electron chi connectivity index (χ2n) is 4.93. The van der Waals surface area contributed by atoms with Gasteiger partial charge in [-0.05, 0) is 43.3 Å². The van der Waals surface area contributed by atoms with Crippen molar-refractivity contribution in [2.45, 2.75) is 13.0 Å². The summed E-state index contributed by atoms with van der Waals surface area (Å²) in [6.07, 6.45) is -0.0310. The first-order valence-corrected chi connectivity index (χ1v) is 7.51. The average Bonchev–Trinajstić information content (AvgIpc) is 2.53. The third-order valence-electron chi connectivity index (χ3n) is 2.95. The minimum Gasteiger partial charge on any atom is -0.489 e. The summed E-state index contributed by atoms with van der Waals surface area (Å²) < 4.78 is 5.74. The third kappa shape index (κ3) is 5.66. The molecule has 0 heterocycles. The molecular formula is C17H20ClN3O. The number of hydrogen-bond donors (Lipinski definition) is 2. The van der Waals surface area contributed by atoms with E-state index in [2.05, 4.69) is 10.3 Å². The molecule has 0 aliphatic heterocycles. The maximum absolute atomic E-state index is 5.90. The summed E-state index contributed by atoms with van der Waals surface area (Å²) in [7, 11) is 0. The molecule has 0 saturated carbocycles. The summed E-state index contributed by atoms with van der Waals surface area (Å²) >= 11 is 5.84. The van der Waals surface area contributed by atoms with Crippen molar-refractivity contribution in [2.75, 3.05) is 18.4 Å². The highest BCUT2D eigenvalue weighted by Gasteiger charge is 2.03. The smallest absolute Gasteiger partial charge is 0.119 e. The lowest BCUT2D eigenvalue weighted by atomic mass is 10.3. The van der Waals surface area contributed by atoms with Gasteiger partial charge in [-0.3, -0.25) is 4.99 Å². The largest absolute Gasteiger partial charge is 0.489 e. The quantitative estimate of drug-likeness (QED) is 0.606. The highest BCUT2D eigenvalue weighted by atomic mass is 35.5. The van der Waals surface area contributed by atoms with Gasteiger partial charge in [-0.2, -0.15) is 0 Å². The number of halogens is 1. The van der Waals surface area contributed by atoms with E-state index in [4.69, 9.17) is 22.1 Å². The zero-order valence-electron chi connectivity index (χ0n) is 12.5. The monoisotopic (exact) mass is 317 g/mol. The van der Waals surface area contributed by atoms with E-state index >= 15 is 0 Å². The van der Waals surface area contributed by atoms with Gasteiger partial charge in [-0.1, -0.05) is 29.8 Å². The molecule has 22 heavy (non-hydrogen) atoms. The van der Waals surface area contributed by atoms with Crippen LogP contribution in [0, 0.1) is 0 Å². The molecular weight excluding hydrogens is 298 g/mol. The van der Waals surface area contributed by atoms with Crippen LogP contribution in [-0.4, -0.2) is 25.0 Å². The Bertz CT molecular complexity index is 599. The second-order valence-corrected chi connectivity index (χ2v) is 5.37. The average molecular weight is 318 g/mol.